The second-order valence-corrected chi connectivity index (χ2v) is 7.16. The molecule has 3 aromatic heterocycles. The minimum Gasteiger partial charge on any atom is -0.394 e. The number of rotatable bonds is 3. The van der Waals surface area contributed by atoms with Crippen LogP contribution in [-0.4, -0.2) is 65.6 Å². The van der Waals surface area contributed by atoms with Crippen LogP contribution >= 0.6 is 0 Å². The van der Waals surface area contributed by atoms with Gasteiger partial charge >= 0.3 is 0 Å². The maximum atomic E-state index is 10.7. The third kappa shape index (κ3) is 2.16. The molecule has 4 atom stereocenters. The molecular formula is C18H21N5O4. The quantitative estimate of drug-likeness (QED) is 0.692. The highest BCUT2D eigenvalue weighted by Gasteiger charge is 2.61. The lowest BCUT2D eigenvalue weighted by molar-refractivity contribution is -0.225. The molecule has 2 N–H and O–H groups in total. The van der Waals surface area contributed by atoms with Gasteiger partial charge in [-0.2, -0.15) is 5.10 Å². The zero-order valence-electron chi connectivity index (χ0n) is 15.1. The van der Waals surface area contributed by atoms with E-state index < -0.39 is 24.0 Å². The normalized spacial score (nSPS) is 30.3. The van der Waals surface area contributed by atoms with Gasteiger partial charge in [0.05, 0.1) is 24.6 Å². The molecular weight excluding hydrogens is 350 g/mol. The van der Waals surface area contributed by atoms with Crippen LogP contribution in [0.5, 0.6) is 0 Å². The van der Waals surface area contributed by atoms with Gasteiger partial charge in [-0.05, 0) is 13.0 Å². The maximum Gasteiger partial charge on any atom is 0.167 e. The van der Waals surface area contributed by atoms with E-state index in [4.69, 9.17) is 9.47 Å². The van der Waals surface area contributed by atoms with Crippen LogP contribution in [0.3, 0.4) is 0 Å². The molecule has 142 valence electrons. The average molecular weight is 371 g/mol. The summed E-state index contributed by atoms with van der Waals surface area (Å²) in [5.41, 5.74) is 2.53. The van der Waals surface area contributed by atoms with Gasteiger partial charge in [-0.3, -0.25) is 4.68 Å². The smallest absolute Gasteiger partial charge is 0.167 e. The fraction of sp³-hybridized carbons (Fsp3) is 0.500. The van der Waals surface area contributed by atoms with Gasteiger partial charge in [0, 0.05) is 36.8 Å². The number of aliphatic hydroxyl groups is 2. The van der Waals surface area contributed by atoms with Crippen molar-refractivity contribution in [2.24, 2.45) is 7.05 Å². The van der Waals surface area contributed by atoms with Crippen LogP contribution in [0, 0.1) is 6.92 Å². The Hall–Kier alpha value is -2.33. The van der Waals surface area contributed by atoms with Crippen molar-refractivity contribution in [2.45, 2.75) is 37.4 Å². The van der Waals surface area contributed by atoms with Crippen LogP contribution in [0.1, 0.15) is 18.3 Å². The van der Waals surface area contributed by atoms with E-state index in [-0.39, 0.29) is 6.61 Å². The first-order valence-electron chi connectivity index (χ1n) is 8.95. The second-order valence-electron chi connectivity index (χ2n) is 7.16. The molecule has 0 radical (unpaired) electrons. The minimum absolute atomic E-state index is 0.273. The Labute approximate surface area is 155 Å². The molecule has 2 fully saturated rings. The second kappa shape index (κ2) is 5.83. The van der Waals surface area contributed by atoms with Crippen molar-refractivity contribution in [3.8, 4) is 11.3 Å². The highest BCUT2D eigenvalue weighted by Crippen LogP contribution is 2.50. The fourth-order valence-corrected chi connectivity index (χ4v) is 4.27. The van der Waals surface area contributed by atoms with Crippen LogP contribution in [0.2, 0.25) is 0 Å². The summed E-state index contributed by atoms with van der Waals surface area (Å²) in [5.74, 6) is 0. The Bertz CT molecular complexity index is 1010. The SMILES string of the molecule is Cc1ncnc2c1c(-c1ccnn1C)cn2[C@@H]1O[C@H](CO)[C@@H](O)[C@]12CCO2. The standard InChI is InChI=1S/C18H21N5O4/c1-10-14-11(12-3-5-21-22(12)2)7-23(16(14)20-9-19-10)17-18(4-6-26-18)15(25)13(8-24)27-17/h3,5,7,9,13,15,17,24-25H,4,6,8H2,1-2H3/t13-,15-,17-,18-/m1/s1. The van der Waals surface area contributed by atoms with E-state index in [1.165, 1.54) is 6.33 Å². The summed E-state index contributed by atoms with van der Waals surface area (Å²) in [6.07, 6.45) is 3.68. The molecule has 27 heavy (non-hydrogen) atoms. The van der Waals surface area contributed by atoms with Gasteiger partial charge in [-0.25, -0.2) is 9.97 Å². The summed E-state index contributed by atoms with van der Waals surface area (Å²) >= 11 is 0. The van der Waals surface area contributed by atoms with E-state index >= 15 is 0 Å². The third-order valence-corrected chi connectivity index (χ3v) is 5.77. The molecule has 0 unspecified atom stereocenters. The van der Waals surface area contributed by atoms with E-state index in [9.17, 15) is 10.2 Å². The van der Waals surface area contributed by atoms with Crippen LogP contribution in [0.25, 0.3) is 22.3 Å². The van der Waals surface area contributed by atoms with Crippen LogP contribution < -0.4 is 0 Å². The largest absolute Gasteiger partial charge is 0.394 e. The minimum atomic E-state index is -0.901. The van der Waals surface area contributed by atoms with Gasteiger partial charge in [0.25, 0.3) is 0 Å². The molecule has 2 saturated heterocycles. The van der Waals surface area contributed by atoms with Gasteiger partial charge in [-0.1, -0.05) is 0 Å². The molecule has 2 aliphatic rings. The van der Waals surface area contributed by atoms with E-state index in [1.54, 1.807) is 10.9 Å². The number of aryl methyl sites for hydroxylation is 2. The number of hydrogen-bond acceptors (Lipinski definition) is 7. The molecule has 1 spiro atoms. The van der Waals surface area contributed by atoms with Crippen molar-refractivity contribution < 1.29 is 19.7 Å². The number of ether oxygens (including phenoxy) is 2. The molecule has 5 heterocycles. The Morgan fingerprint density at radius 2 is 2.19 bits per heavy atom. The molecule has 0 aliphatic carbocycles. The lowest BCUT2D eigenvalue weighted by atomic mass is 9.86. The highest BCUT2D eigenvalue weighted by molar-refractivity contribution is 5.94. The van der Waals surface area contributed by atoms with Crippen molar-refractivity contribution >= 4 is 11.0 Å². The van der Waals surface area contributed by atoms with Gasteiger partial charge in [0.1, 0.15) is 29.8 Å². The Morgan fingerprint density at radius 1 is 1.37 bits per heavy atom. The molecule has 0 bridgehead atoms. The van der Waals surface area contributed by atoms with Crippen molar-refractivity contribution in [3.63, 3.8) is 0 Å². The average Bonchev–Trinajstić information content (AvgIpc) is 3.28. The number of fused-ring (bicyclic) bond motifs is 1. The molecule has 9 heteroatoms. The zero-order chi connectivity index (χ0) is 18.8. The summed E-state index contributed by atoms with van der Waals surface area (Å²) in [7, 11) is 1.88. The molecule has 0 aromatic carbocycles. The summed E-state index contributed by atoms with van der Waals surface area (Å²) in [5, 5.41) is 25.5. The topological polar surface area (TPSA) is 107 Å². The van der Waals surface area contributed by atoms with Gasteiger partial charge in [-0.15, -0.1) is 0 Å². The van der Waals surface area contributed by atoms with Crippen molar-refractivity contribution in [3.05, 3.63) is 30.5 Å². The van der Waals surface area contributed by atoms with E-state index in [2.05, 4.69) is 15.1 Å². The lowest BCUT2D eigenvalue weighted by Crippen LogP contribution is -2.56. The van der Waals surface area contributed by atoms with Gasteiger partial charge in [0.15, 0.2) is 6.23 Å². The Balaban J connectivity index is 1.73. The monoisotopic (exact) mass is 371 g/mol. The molecule has 5 rings (SSSR count). The number of aliphatic hydroxyl groups excluding tert-OH is 2. The molecule has 2 aliphatic heterocycles. The lowest BCUT2D eigenvalue weighted by Gasteiger charge is -2.44. The Kier molecular flexibility index (Phi) is 3.63. The maximum absolute atomic E-state index is 10.7. The van der Waals surface area contributed by atoms with Crippen molar-refractivity contribution in [1.82, 2.24) is 24.3 Å². The summed E-state index contributed by atoms with van der Waals surface area (Å²) < 4.78 is 15.5. The molecule has 0 amide bonds. The molecule has 0 saturated carbocycles. The van der Waals surface area contributed by atoms with Crippen molar-refractivity contribution in [2.75, 3.05) is 13.2 Å². The zero-order valence-corrected chi connectivity index (χ0v) is 15.1. The summed E-state index contributed by atoms with van der Waals surface area (Å²) in [6.45, 7) is 2.21. The van der Waals surface area contributed by atoms with Gasteiger partial charge < -0.3 is 24.3 Å². The van der Waals surface area contributed by atoms with E-state index in [0.717, 1.165) is 22.3 Å². The third-order valence-electron chi connectivity index (χ3n) is 5.77. The number of hydrogen-bond donors (Lipinski definition) is 2. The highest BCUT2D eigenvalue weighted by atomic mass is 16.6. The van der Waals surface area contributed by atoms with Crippen LogP contribution in [0.15, 0.2) is 24.8 Å². The predicted molar refractivity (Wildman–Crippen MR) is 94.8 cm³/mol. The first-order chi connectivity index (χ1) is 13.1. The van der Waals surface area contributed by atoms with E-state index in [1.807, 2.05) is 30.8 Å². The van der Waals surface area contributed by atoms with Crippen molar-refractivity contribution in [1.29, 1.82) is 0 Å². The number of aromatic nitrogens is 5. The molecule has 3 aromatic rings. The van der Waals surface area contributed by atoms with E-state index in [0.29, 0.717) is 18.7 Å². The van der Waals surface area contributed by atoms with Gasteiger partial charge in [0.2, 0.25) is 0 Å². The first kappa shape index (κ1) is 16.8. The summed E-state index contributed by atoms with van der Waals surface area (Å²) in [6, 6.07) is 1.93. The van der Waals surface area contributed by atoms with Crippen LogP contribution in [0.4, 0.5) is 0 Å². The molecule has 9 nitrogen and oxygen atoms in total. The fourth-order valence-electron chi connectivity index (χ4n) is 4.27. The summed E-state index contributed by atoms with van der Waals surface area (Å²) in [4.78, 5) is 8.84. The predicted octanol–water partition coefficient (Wildman–Crippen LogP) is 0.550. The number of nitrogens with zero attached hydrogens (tertiary/aromatic N) is 5. The van der Waals surface area contributed by atoms with Crippen LogP contribution in [-0.2, 0) is 16.5 Å². The first-order valence-corrected chi connectivity index (χ1v) is 8.95. The Morgan fingerprint density at radius 3 is 2.81 bits per heavy atom.